The first-order chi connectivity index (χ1) is 7.38. The molecule has 0 aliphatic rings. The summed E-state index contributed by atoms with van der Waals surface area (Å²) in [6.07, 6.45) is 1.63. The van der Waals surface area contributed by atoms with Crippen LogP contribution in [0.15, 0.2) is 0 Å². The molecule has 4 nitrogen and oxygen atoms in total. The number of aliphatic hydroxyl groups is 1. The summed E-state index contributed by atoms with van der Waals surface area (Å²) < 4.78 is 25.5. The minimum absolute atomic E-state index is 0.0546. The molecule has 0 aliphatic carbocycles. The second kappa shape index (κ2) is 7.25. The summed E-state index contributed by atoms with van der Waals surface area (Å²) in [5.41, 5.74) is 0. The Morgan fingerprint density at radius 2 is 1.69 bits per heavy atom. The SMILES string of the molecule is CCC(CC)N(CC(C)C)S(=O)(=O)CCO. The third-order valence-corrected chi connectivity index (χ3v) is 4.46. The van der Waals surface area contributed by atoms with Crippen molar-refractivity contribution in [3.8, 4) is 0 Å². The Morgan fingerprint density at radius 3 is 2.00 bits per heavy atom. The predicted molar refractivity (Wildman–Crippen MR) is 66.8 cm³/mol. The van der Waals surface area contributed by atoms with Crippen LogP contribution in [0.2, 0.25) is 0 Å². The molecule has 16 heavy (non-hydrogen) atoms. The lowest BCUT2D eigenvalue weighted by Gasteiger charge is -2.30. The Kier molecular flexibility index (Phi) is 7.19. The Balaban J connectivity index is 4.91. The second-order valence-corrected chi connectivity index (χ2v) is 6.51. The molecule has 0 fully saturated rings. The van der Waals surface area contributed by atoms with Crippen molar-refractivity contribution in [3.63, 3.8) is 0 Å². The molecule has 0 radical (unpaired) electrons. The summed E-state index contributed by atoms with van der Waals surface area (Å²) in [6, 6.07) is 0.0546. The first-order valence-electron chi connectivity index (χ1n) is 5.99. The van der Waals surface area contributed by atoms with Gasteiger partial charge in [0.1, 0.15) is 0 Å². The summed E-state index contributed by atoms with van der Waals surface area (Å²) in [6.45, 7) is 8.23. The van der Waals surface area contributed by atoms with Gasteiger partial charge in [-0.3, -0.25) is 0 Å². The molecule has 0 amide bonds. The van der Waals surface area contributed by atoms with Gasteiger partial charge in [0.05, 0.1) is 12.4 Å². The number of rotatable bonds is 8. The monoisotopic (exact) mass is 251 g/mol. The zero-order valence-electron chi connectivity index (χ0n) is 10.8. The van der Waals surface area contributed by atoms with Crippen LogP contribution in [0.1, 0.15) is 40.5 Å². The van der Waals surface area contributed by atoms with Gasteiger partial charge in [-0.15, -0.1) is 0 Å². The fraction of sp³-hybridized carbons (Fsp3) is 1.00. The van der Waals surface area contributed by atoms with E-state index in [4.69, 9.17) is 5.11 Å². The van der Waals surface area contributed by atoms with Crippen LogP contribution in [0, 0.1) is 5.92 Å². The van der Waals surface area contributed by atoms with Crippen LogP contribution >= 0.6 is 0 Å². The van der Waals surface area contributed by atoms with Gasteiger partial charge in [-0.05, 0) is 18.8 Å². The van der Waals surface area contributed by atoms with Crippen molar-refractivity contribution in [1.82, 2.24) is 4.31 Å². The molecule has 98 valence electrons. The average Bonchev–Trinajstić information content (AvgIpc) is 2.17. The summed E-state index contributed by atoms with van der Waals surface area (Å²) in [7, 11) is -3.31. The van der Waals surface area contributed by atoms with Gasteiger partial charge in [0, 0.05) is 12.6 Å². The van der Waals surface area contributed by atoms with Gasteiger partial charge in [0.2, 0.25) is 10.0 Å². The van der Waals surface area contributed by atoms with E-state index >= 15 is 0 Å². The summed E-state index contributed by atoms with van der Waals surface area (Å²) in [5.74, 6) is 0.130. The maximum Gasteiger partial charge on any atom is 0.216 e. The Bertz CT molecular complexity index is 271. The zero-order chi connectivity index (χ0) is 12.8. The molecule has 0 bridgehead atoms. The van der Waals surface area contributed by atoms with Gasteiger partial charge < -0.3 is 5.11 Å². The van der Waals surface area contributed by atoms with E-state index in [-0.39, 0.29) is 18.4 Å². The van der Waals surface area contributed by atoms with E-state index in [1.54, 1.807) is 4.31 Å². The van der Waals surface area contributed by atoms with Crippen LogP contribution in [-0.4, -0.2) is 42.8 Å². The van der Waals surface area contributed by atoms with E-state index in [1.807, 2.05) is 27.7 Å². The number of aliphatic hydroxyl groups excluding tert-OH is 1. The average molecular weight is 251 g/mol. The van der Waals surface area contributed by atoms with Crippen LogP contribution < -0.4 is 0 Å². The van der Waals surface area contributed by atoms with Gasteiger partial charge in [-0.25, -0.2) is 8.42 Å². The van der Waals surface area contributed by atoms with Crippen LogP contribution in [0.25, 0.3) is 0 Å². The molecule has 0 aromatic heterocycles. The number of hydrogen-bond acceptors (Lipinski definition) is 3. The lowest BCUT2D eigenvalue weighted by atomic mass is 10.1. The van der Waals surface area contributed by atoms with Crippen LogP contribution in [0.4, 0.5) is 0 Å². The van der Waals surface area contributed by atoms with Crippen LogP contribution in [0.3, 0.4) is 0 Å². The van der Waals surface area contributed by atoms with E-state index in [1.165, 1.54) is 0 Å². The molecular formula is C11H25NO3S. The van der Waals surface area contributed by atoms with Crippen molar-refractivity contribution in [1.29, 1.82) is 0 Å². The maximum atomic E-state index is 12.0. The largest absolute Gasteiger partial charge is 0.395 e. The van der Waals surface area contributed by atoms with E-state index in [0.29, 0.717) is 12.5 Å². The summed E-state index contributed by atoms with van der Waals surface area (Å²) in [5, 5.41) is 8.81. The highest BCUT2D eigenvalue weighted by molar-refractivity contribution is 7.89. The molecule has 0 aliphatic heterocycles. The smallest absolute Gasteiger partial charge is 0.216 e. The maximum absolute atomic E-state index is 12.0. The van der Waals surface area contributed by atoms with Crippen molar-refractivity contribution in [2.24, 2.45) is 5.92 Å². The minimum Gasteiger partial charge on any atom is -0.395 e. The fourth-order valence-corrected chi connectivity index (χ4v) is 3.52. The normalized spacial score (nSPS) is 13.0. The summed E-state index contributed by atoms with van der Waals surface area (Å²) in [4.78, 5) is 0. The first kappa shape index (κ1) is 15.9. The van der Waals surface area contributed by atoms with Gasteiger partial charge in [0.15, 0.2) is 0 Å². The Labute approximate surface area is 99.7 Å². The highest BCUT2D eigenvalue weighted by Crippen LogP contribution is 2.16. The van der Waals surface area contributed by atoms with Crippen LogP contribution in [0.5, 0.6) is 0 Å². The predicted octanol–water partition coefficient (Wildman–Crippen LogP) is 1.46. The zero-order valence-corrected chi connectivity index (χ0v) is 11.6. The second-order valence-electron chi connectivity index (χ2n) is 4.47. The first-order valence-corrected chi connectivity index (χ1v) is 7.60. The van der Waals surface area contributed by atoms with Gasteiger partial charge in [0.25, 0.3) is 0 Å². The molecule has 0 atom stereocenters. The van der Waals surface area contributed by atoms with Crippen molar-refractivity contribution < 1.29 is 13.5 Å². The molecule has 0 spiro atoms. The highest BCUT2D eigenvalue weighted by atomic mass is 32.2. The number of nitrogens with zero attached hydrogens (tertiary/aromatic N) is 1. The lowest BCUT2D eigenvalue weighted by Crippen LogP contribution is -2.43. The van der Waals surface area contributed by atoms with Gasteiger partial charge in [-0.2, -0.15) is 4.31 Å². The van der Waals surface area contributed by atoms with Crippen molar-refractivity contribution >= 4 is 10.0 Å². The number of sulfonamides is 1. The number of hydrogen-bond donors (Lipinski definition) is 1. The molecule has 5 heteroatoms. The molecule has 0 saturated heterocycles. The van der Waals surface area contributed by atoms with E-state index in [0.717, 1.165) is 12.8 Å². The molecule has 0 unspecified atom stereocenters. The minimum atomic E-state index is -3.31. The van der Waals surface area contributed by atoms with Crippen molar-refractivity contribution in [2.75, 3.05) is 18.9 Å². The van der Waals surface area contributed by atoms with E-state index in [9.17, 15) is 8.42 Å². The molecule has 0 saturated carbocycles. The molecule has 0 rings (SSSR count). The molecule has 0 aromatic rings. The molecule has 0 aromatic carbocycles. The third-order valence-electron chi connectivity index (χ3n) is 2.60. The standard InChI is InChI=1S/C11H25NO3S/c1-5-11(6-2)12(9-10(3)4)16(14,15)8-7-13/h10-11,13H,5-9H2,1-4H3. The van der Waals surface area contributed by atoms with Crippen LogP contribution in [-0.2, 0) is 10.0 Å². The summed E-state index contributed by atoms with van der Waals surface area (Å²) >= 11 is 0. The molecule has 0 heterocycles. The third kappa shape index (κ3) is 4.80. The Hall–Kier alpha value is -0.130. The topological polar surface area (TPSA) is 57.6 Å². The van der Waals surface area contributed by atoms with Gasteiger partial charge >= 0.3 is 0 Å². The van der Waals surface area contributed by atoms with Gasteiger partial charge in [-0.1, -0.05) is 27.7 Å². The van der Waals surface area contributed by atoms with Crippen molar-refractivity contribution in [2.45, 2.75) is 46.6 Å². The molecule has 1 N–H and O–H groups in total. The molecular weight excluding hydrogens is 226 g/mol. The van der Waals surface area contributed by atoms with Crippen molar-refractivity contribution in [3.05, 3.63) is 0 Å². The quantitative estimate of drug-likeness (QED) is 0.710. The Morgan fingerprint density at radius 1 is 1.19 bits per heavy atom. The van der Waals surface area contributed by atoms with E-state index in [2.05, 4.69) is 0 Å². The highest BCUT2D eigenvalue weighted by Gasteiger charge is 2.27. The lowest BCUT2D eigenvalue weighted by molar-refractivity contribution is 0.269. The fourth-order valence-electron chi connectivity index (χ4n) is 1.78. The van der Waals surface area contributed by atoms with E-state index < -0.39 is 10.0 Å².